The molecule has 3 nitrogen and oxygen atoms in total. The van der Waals surface area contributed by atoms with E-state index in [1.165, 1.54) is 7.11 Å². The van der Waals surface area contributed by atoms with Gasteiger partial charge in [0, 0.05) is 15.8 Å². The summed E-state index contributed by atoms with van der Waals surface area (Å²) < 4.78 is 9.45. The second-order valence-electron chi connectivity index (χ2n) is 3.15. The molecule has 0 unspecified atom stereocenters. The molecule has 0 heterocycles. The van der Waals surface area contributed by atoms with Crippen molar-refractivity contribution in [2.45, 2.75) is 0 Å². The molecule has 4 heteroatoms. The Morgan fingerprint density at radius 3 is 2.50 bits per heavy atom. The molecule has 2 rings (SSSR count). The number of ether oxygens (including phenoxy) is 2. The number of methoxy groups -OCH3 is 1. The van der Waals surface area contributed by atoms with Crippen LogP contribution in [0.15, 0.2) is 36.4 Å². The summed E-state index contributed by atoms with van der Waals surface area (Å²) in [6.07, 6.45) is -0.743. The van der Waals surface area contributed by atoms with Crippen molar-refractivity contribution in [3.63, 3.8) is 0 Å². The highest BCUT2D eigenvalue weighted by Gasteiger charge is 2.09. The van der Waals surface area contributed by atoms with Crippen LogP contribution in [0.5, 0.6) is 5.75 Å². The number of carbonyl (C=O) groups excluding carboxylic acids is 1. The maximum atomic E-state index is 11.0. The van der Waals surface area contributed by atoms with Crippen LogP contribution in [0.25, 0.3) is 10.8 Å². The van der Waals surface area contributed by atoms with Gasteiger partial charge in [-0.15, -0.1) is 0 Å². The van der Waals surface area contributed by atoms with Gasteiger partial charge in [-0.25, -0.2) is 4.79 Å². The van der Waals surface area contributed by atoms with Gasteiger partial charge < -0.3 is 9.47 Å². The molecule has 0 N–H and O–H groups in total. The topological polar surface area (TPSA) is 35.5 Å². The zero-order valence-corrected chi connectivity index (χ0v) is 9.32. The molecule has 0 aliphatic carbocycles. The Kier molecular flexibility index (Phi) is 2.97. The Bertz CT molecular complexity index is 537. The molecule has 0 saturated carbocycles. The maximum Gasteiger partial charge on any atom is 0.513 e. The fourth-order valence-electron chi connectivity index (χ4n) is 1.46. The molecule has 0 aliphatic rings. The molecule has 0 aliphatic heterocycles. The van der Waals surface area contributed by atoms with Gasteiger partial charge in [-0.3, -0.25) is 0 Å². The van der Waals surface area contributed by atoms with Crippen LogP contribution < -0.4 is 4.74 Å². The average molecular weight is 237 g/mol. The number of hydrogen-bond donors (Lipinski definition) is 0. The van der Waals surface area contributed by atoms with Crippen LogP contribution in [0.3, 0.4) is 0 Å². The SMILES string of the molecule is COC(=O)Oc1ccc(Cl)c2ccccc12. The van der Waals surface area contributed by atoms with Crippen molar-refractivity contribution < 1.29 is 14.3 Å². The van der Waals surface area contributed by atoms with Crippen molar-refractivity contribution >= 4 is 28.5 Å². The van der Waals surface area contributed by atoms with E-state index in [1.54, 1.807) is 12.1 Å². The molecule has 0 atom stereocenters. The Morgan fingerprint density at radius 1 is 1.12 bits per heavy atom. The highest BCUT2D eigenvalue weighted by atomic mass is 35.5. The smallest absolute Gasteiger partial charge is 0.437 e. The molecule has 0 aromatic heterocycles. The highest BCUT2D eigenvalue weighted by molar-refractivity contribution is 6.35. The molecule has 2 aromatic carbocycles. The van der Waals surface area contributed by atoms with Crippen molar-refractivity contribution in [3.8, 4) is 5.75 Å². The Labute approximate surface area is 97.5 Å². The lowest BCUT2D eigenvalue weighted by Crippen LogP contribution is -2.07. The summed E-state index contributed by atoms with van der Waals surface area (Å²) in [5.41, 5.74) is 0. The van der Waals surface area contributed by atoms with Crippen LogP contribution >= 0.6 is 11.6 Å². The van der Waals surface area contributed by atoms with Gasteiger partial charge in [-0.1, -0.05) is 35.9 Å². The highest BCUT2D eigenvalue weighted by Crippen LogP contribution is 2.31. The van der Waals surface area contributed by atoms with Gasteiger partial charge in [0.1, 0.15) is 5.75 Å². The normalized spacial score (nSPS) is 10.1. The molecule has 16 heavy (non-hydrogen) atoms. The minimum absolute atomic E-state index is 0.437. The lowest BCUT2D eigenvalue weighted by Gasteiger charge is -2.07. The van der Waals surface area contributed by atoms with Gasteiger partial charge in [-0.05, 0) is 12.1 Å². The summed E-state index contributed by atoms with van der Waals surface area (Å²) in [6.45, 7) is 0. The van der Waals surface area contributed by atoms with Crippen molar-refractivity contribution in [3.05, 3.63) is 41.4 Å². The van der Waals surface area contributed by atoms with Crippen LogP contribution in [-0.2, 0) is 4.74 Å². The third-order valence-corrected chi connectivity index (χ3v) is 2.52. The zero-order valence-electron chi connectivity index (χ0n) is 8.57. The largest absolute Gasteiger partial charge is 0.513 e. The van der Waals surface area contributed by atoms with Gasteiger partial charge in [-0.2, -0.15) is 0 Å². The Hall–Kier alpha value is -1.74. The predicted molar refractivity (Wildman–Crippen MR) is 62.0 cm³/mol. The maximum absolute atomic E-state index is 11.0. The number of rotatable bonds is 1. The number of halogens is 1. The molecule has 0 spiro atoms. The Morgan fingerprint density at radius 2 is 1.81 bits per heavy atom. The molecule has 0 amide bonds. The first-order valence-electron chi connectivity index (χ1n) is 4.65. The minimum atomic E-state index is -0.743. The first kappa shape index (κ1) is 10.8. The first-order valence-corrected chi connectivity index (χ1v) is 5.03. The van der Waals surface area contributed by atoms with E-state index in [2.05, 4.69) is 4.74 Å². The number of fused-ring (bicyclic) bond motifs is 1. The standard InChI is InChI=1S/C12H9ClO3/c1-15-12(14)16-11-7-6-10(13)8-4-2-3-5-9(8)11/h2-7H,1H3. The summed E-state index contributed by atoms with van der Waals surface area (Å²) in [6, 6.07) is 10.7. The van der Waals surface area contributed by atoms with Crippen LogP contribution in [-0.4, -0.2) is 13.3 Å². The molecule has 2 aromatic rings. The second-order valence-corrected chi connectivity index (χ2v) is 3.55. The van der Waals surface area contributed by atoms with E-state index in [9.17, 15) is 4.79 Å². The number of benzene rings is 2. The Balaban J connectivity index is 2.54. The number of hydrogen-bond acceptors (Lipinski definition) is 3. The second kappa shape index (κ2) is 4.41. The van der Waals surface area contributed by atoms with Crippen molar-refractivity contribution in [2.75, 3.05) is 7.11 Å². The third-order valence-electron chi connectivity index (χ3n) is 2.19. The van der Waals surface area contributed by atoms with E-state index in [0.717, 1.165) is 10.8 Å². The fraction of sp³-hybridized carbons (Fsp3) is 0.0833. The monoisotopic (exact) mass is 236 g/mol. The summed E-state index contributed by atoms with van der Waals surface area (Å²) in [5, 5.41) is 2.23. The van der Waals surface area contributed by atoms with Gasteiger partial charge >= 0.3 is 6.16 Å². The third kappa shape index (κ3) is 1.95. The molecule has 0 radical (unpaired) electrons. The first-order chi connectivity index (χ1) is 7.72. The molecular weight excluding hydrogens is 228 g/mol. The summed E-state index contributed by atoms with van der Waals surface area (Å²) in [4.78, 5) is 11.0. The van der Waals surface area contributed by atoms with E-state index in [0.29, 0.717) is 10.8 Å². The van der Waals surface area contributed by atoms with E-state index in [-0.39, 0.29) is 0 Å². The van der Waals surface area contributed by atoms with Crippen LogP contribution in [0.2, 0.25) is 5.02 Å². The van der Waals surface area contributed by atoms with E-state index < -0.39 is 6.16 Å². The van der Waals surface area contributed by atoms with Crippen molar-refractivity contribution in [1.82, 2.24) is 0 Å². The molecule has 0 bridgehead atoms. The number of carbonyl (C=O) groups is 1. The predicted octanol–water partition coefficient (Wildman–Crippen LogP) is 3.64. The van der Waals surface area contributed by atoms with Gasteiger partial charge in [0.05, 0.1) is 7.11 Å². The summed E-state index contributed by atoms with van der Waals surface area (Å²) in [7, 11) is 1.26. The summed E-state index contributed by atoms with van der Waals surface area (Å²) >= 11 is 6.03. The van der Waals surface area contributed by atoms with Crippen molar-refractivity contribution in [1.29, 1.82) is 0 Å². The van der Waals surface area contributed by atoms with E-state index in [4.69, 9.17) is 16.3 Å². The van der Waals surface area contributed by atoms with Crippen molar-refractivity contribution in [2.24, 2.45) is 0 Å². The lowest BCUT2D eigenvalue weighted by atomic mass is 10.1. The zero-order chi connectivity index (χ0) is 11.5. The quantitative estimate of drug-likeness (QED) is 0.560. The van der Waals surface area contributed by atoms with Crippen LogP contribution in [0.1, 0.15) is 0 Å². The molecule has 0 fully saturated rings. The average Bonchev–Trinajstić information content (AvgIpc) is 2.33. The van der Waals surface area contributed by atoms with E-state index in [1.807, 2.05) is 24.3 Å². The van der Waals surface area contributed by atoms with Gasteiger partial charge in [0.2, 0.25) is 0 Å². The lowest BCUT2D eigenvalue weighted by molar-refractivity contribution is 0.122. The van der Waals surface area contributed by atoms with Gasteiger partial charge in [0.15, 0.2) is 0 Å². The molecule has 82 valence electrons. The minimum Gasteiger partial charge on any atom is -0.437 e. The molecular formula is C12H9ClO3. The van der Waals surface area contributed by atoms with Crippen LogP contribution in [0.4, 0.5) is 4.79 Å². The van der Waals surface area contributed by atoms with E-state index >= 15 is 0 Å². The fourth-order valence-corrected chi connectivity index (χ4v) is 1.68. The molecule has 0 saturated heterocycles. The van der Waals surface area contributed by atoms with Crippen LogP contribution in [0, 0.1) is 0 Å². The van der Waals surface area contributed by atoms with Gasteiger partial charge in [0.25, 0.3) is 0 Å². The summed E-state index contributed by atoms with van der Waals surface area (Å²) in [5.74, 6) is 0.437.